The summed E-state index contributed by atoms with van der Waals surface area (Å²) in [6, 6.07) is 5.11. The molecular weight excluding hydrogens is 238 g/mol. The van der Waals surface area contributed by atoms with Crippen molar-refractivity contribution in [2.45, 2.75) is 57.6 Å². The van der Waals surface area contributed by atoms with Gasteiger partial charge in [-0.25, -0.2) is 0 Å². The third-order valence-electron chi connectivity index (χ3n) is 3.88. The van der Waals surface area contributed by atoms with Gasteiger partial charge in [-0.2, -0.15) is 11.8 Å². The topological polar surface area (TPSA) is 12.0 Å². The summed E-state index contributed by atoms with van der Waals surface area (Å²) in [5, 5.41) is 4.49. The summed E-state index contributed by atoms with van der Waals surface area (Å²) in [7, 11) is 0. The van der Waals surface area contributed by atoms with Crippen LogP contribution in [0, 0.1) is 13.8 Å². The molecule has 1 aliphatic rings. The predicted octanol–water partition coefficient (Wildman–Crippen LogP) is 4.37. The standard InChI is InChI=1S/C16H25NS/c1-5-8-17-15-9-13(4)18-10-14-11(2)6-7-12(3)16(14)15/h6-7,13,15,17H,5,8-10H2,1-4H3. The van der Waals surface area contributed by atoms with Crippen LogP contribution in [0.4, 0.5) is 0 Å². The molecule has 0 amide bonds. The molecule has 2 unspecified atom stereocenters. The lowest BCUT2D eigenvalue weighted by atomic mass is 9.90. The summed E-state index contributed by atoms with van der Waals surface area (Å²) in [5.41, 5.74) is 6.08. The molecule has 0 saturated heterocycles. The highest BCUT2D eigenvalue weighted by Crippen LogP contribution is 2.37. The van der Waals surface area contributed by atoms with Gasteiger partial charge in [-0.15, -0.1) is 0 Å². The van der Waals surface area contributed by atoms with Gasteiger partial charge in [-0.1, -0.05) is 26.0 Å². The monoisotopic (exact) mass is 263 g/mol. The van der Waals surface area contributed by atoms with E-state index in [-0.39, 0.29) is 0 Å². The number of hydrogen-bond acceptors (Lipinski definition) is 2. The van der Waals surface area contributed by atoms with Gasteiger partial charge >= 0.3 is 0 Å². The Morgan fingerprint density at radius 3 is 2.72 bits per heavy atom. The SMILES string of the molecule is CCCNC1CC(C)SCc2c(C)ccc(C)c21. The largest absolute Gasteiger partial charge is 0.310 e. The molecule has 0 aliphatic carbocycles. The van der Waals surface area contributed by atoms with Crippen molar-refractivity contribution in [2.75, 3.05) is 6.54 Å². The number of hydrogen-bond donors (Lipinski definition) is 1. The zero-order chi connectivity index (χ0) is 13.1. The van der Waals surface area contributed by atoms with E-state index in [1.165, 1.54) is 29.7 Å². The van der Waals surface area contributed by atoms with E-state index in [9.17, 15) is 0 Å². The Morgan fingerprint density at radius 2 is 2.00 bits per heavy atom. The molecule has 1 aromatic rings. The first-order valence-electron chi connectivity index (χ1n) is 7.07. The summed E-state index contributed by atoms with van der Waals surface area (Å²) in [6.07, 6.45) is 2.46. The van der Waals surface area contributed by atoms with Crippen LogP contribution in [0.1, 0.15) is 55.0 Å². The Balaban J connectivity index is 2.39. The maximum Gasteiger partial charge on any atom is 0.0336 e. The summed E-state index contributed by atoms with van der Waals surface area (Å²) in [5.74, 6) is 1.17. The number of nitrogens with one attached hydrogen (secondary N) is 1. The molecule has 18 heavy (non-hydrogen) atoms. The van der Waals surface area contributed by atoms with Crippen LogP contribution >= 0.6 is 11.8 Å². The van der Waals surface area contributed by atoms with Crippen molar-refractivity contribution in [3.8, 4) is 0 Å². The van der Waals surface area contributed by atoms with Gasteiger partial charge in [0, 0.05) is 17.0 Å². The second kappa shape index (κ2) is 6.12. The van der Waals surface area contributed by atoms with E-state index in [2.05, 4.69) is 56.9 Å². The minimum atomic E-state index is 0.546. The van der Waals surface area contributed by atoms with Crippen LogP contribution in [0.15, 0.2) is 12.1 Å². The summed E-state index contributed by atoms with van der Waals surface area (Å²) >= 11 is 2.10. The lowest BCUT2D eigenvalue weighted by Crippen LogP contribution is -2.25. The molecule has 0 aromatic heterocycles. The number of aryl methyl sites for hydroxylation is 2. The van der Waals surface area contributed by atoms with E-state index < -0.39 is 0 Å². The highest BCUT2D eigenvalue weighted by Gasteiger charge is 2.24. The molecule has 2 heteroatoms. The number of thioether (sulfide) groups is 1. The molecule has 0 bridgehead atoms. The van der Waals surface area contributed by atoms with Gasteiger partial charge in [0.2, 0.25) is 0 Å². The van der Waals surface area contributed by atoms with Crippen LogP contribution in [0.25, 0.3) is 0 Å². The normalized spacial score (nSPS) is 23.6. The van der Waals surface area contributed by atoms with Crippen LogP contribution in [-0.2, 0) is 5.75 Å². The van der Waals surface area contributed by atoms with Gasteiger partial charge in [-0.3, -0.25) is 0 Å². The lowest BCUT2D eigenvalue weighted by molar-refractivity contribution is 0.497. The molecule has 0 saturated carbocycles. The van der Waals surface area contributed by atoms with Crippen LogP contribution in [-0.4, -0.2) is 11.8 Å². The fourth-order valence-electron chi connectivity index (χ4n) is 2.81. The van der Waals surface area contributed by atoms with Gasteiger partial charge in [0.05, 0.1) is 0 Å². The minimum absolute atomic E-state index is 0.546. The third-order valence-corrected chi connectivity index (χ3v) is 5.10. The first-order chi connectivity index (χ1) is 8.63. The van der Waals surface area contributed by atoms with Crippen molar-refractivity contribution >= 4 is 11.8 Å². The minimum Gasteiger partial charge on any atom is -0.310 e. The summed E-state index contributed by atoms with van der Waals surface area (Å²) < 4.78 is 0. The smallest absolute Gasteiger partial charge is 0.0336 e. The maximum absolute atomic E-state index is 3.75. The fraction of sp³-hybridized carbons (Fsp3) is 0.625. The molecule has 1 nitrogen and oxygen atoms in total. The van der Waals surface area contributed by atoms with E-state index in [1.54, 1.807) is 11.1 Å². The van der Waals surface area contributed by atoms with Crippen molar-refractivity contribution in [2.24, 2.45) is 0 Å². The van der Waals surface area contributed by atoms with Gasteiger partial charge in [-0.05, 0) is 55.5 Å². The molecule has 100 valence electrons. The zero-order valence-electron chi connectivity index (χ0n) is 12.0. The Labute approximate surface area is 116 Å². The van der Waals surface area contributed by atoms with E-state index in [0.717, 1.165) is 11.8 Å². The quantitative estimate of drug-likeness (QED) is 0.869. The average Bonchev–Trinajstić information content (AvgIpc) is 2.51. The molecule has 2 rings (SSSR count). The summed E-state index contributed by atoms with van der Waals surface area (Å²) in [6.45, 7) is 10.2. The molecule has 1 aromatic carbocycles. The van der Waals surface area contributed by atoms with E-state index >= 15 is 0 Å². The van der Waals surface area contributed by atoms with Gasteiger partial charge in [0.15, 0.2) is 0 Å². The Kier molecular flexibility index (Phi) is 4.74. The van der Waals surface area contributed by atoms with E-state index in [4.69, 9.17) is 0 Å². The van der Waals surface area contributed by atoms with Gasteiger partial charge in [0.1, 0.15) is 0 Å². The van der Waals surface area contributed by atoms with Crippen molar-refractivity contribution in [1.82, 2.24) is 5.32 Å². The van der Waals surface area contributed by atoms with E-state index in [1.807, 2.05) is 0 Å². The molecule has 1 heterocycles. The molecular formula is C16H25NS. The van der Waals surface area contributed by atoms with Crippen LogP contribution in [0.3, 0.4) is 0 Å². The molecule has 0 radical (unpaired) electrons. The van der Waals surface area contributed by atoms with Crippen molar-refractivity contribution in [1.29, 1.82) is 0 Å². The fourth-order valence-corrected chi connectivity index (χ4v) is 3.98. The molecule has 2 atom stereocenters. The molecule has 0 fully saturated rings. The maximum atomic E-state index is 3.75. The number of fused-ring (bicyclic) bond motifs is 1. The molecule has 0 spiro atoms. The van der Waals surface area contributed by atoms with Crippen LogP contribution < -0.4 is 5.32 Å². The molecule has 1 N–H and O–H groups in total. The number of benzene rings is 1. The van der Waals surface area contributed by atoms with Crippen molar-refractivity contribution in [3.63, 3.8) is 0 Å². The zero-order valence-corrected chi connectivity index (χ0v) is 12.9. The van der Waals surface area contributed by atoms with E-state index in [0.29, 0.717) is 6.04 Å². The lowest BCUT2D eigenvalue weighted by Gasteiger charge is -2.23. The van der Waals surface area contributed by atoms with Gasteiger partial charge < -0.3 is 5.32 Å². The first kappa shape index (κ1) is 14.0. The van der Waals surface area contributed by atoms with Gasteiger partial charge in [0.25, 0.3) is 0 Å². The second-order valence-corrected chi connectivity index (χ2v) is 6.88. The predicted molar refractivity (Wildman–Crippen MR) is 82.3 cm³/mol. The Bertz CT molecular complexity index is 414. The second-order valence-electron chi connectivity index (χ2n) is 5.46. The first-order valence-corrected chi connectivity index (χ1v) is 8.12. The Morgan fingerprint density at radius 1 is 1.28 bits per heavy atom. The van der Waals surface area contributed by atoms with Crippen molar-refractivity contribution in [3.05, 3.63) is 34.4 Å². The number of rotatable bonds is 3. The highest BCUT2D eigenvalue weighted by molar-refractivity contribution is 7.99. The average molecular weight is 263 g/mol. The highest BCUT2D eigenvalue weighted by atomic mass is 32.2. The van der Waals surface area contributed by atoms with Crippen molar-refractivity contribution < 1.29 is 0 Å². The summed E-state index contributed by atoms with van der Waals surface area (Å²) in [4.78, 5) is 0. The van der Waals surface area contributed by atoms with Crippen LogP contribution in [0.5, 0.6) is 0 Å². The third kappa shape index (κ3) is 2.92. The Hall–Kier alpha value is -0.470. The molecule has 1 aliphatic heterocycles. The van der Waals surface area contributed by atoms with Crippen LogP contribution in [0.2, 0.25) is 0 Å².